The van der Waals surface area contributed by atoms with Gasteiger partial charge < -0.3 is 10.2 Å². The number of nitrogens with zero attached hydrogens (tertiary/aromatic N) is 1. The van der Waals surface area contributed by atoms with E-state index in [0.29, 0.717) is 6.04 Å². The van der Waals surface area contributed by atoms with Gasteiger partial charge in [0.25, 0.3) is 0 Å². The maximum absolute atomic E-state index is 12.3. The van der Waals surface area contributed by atoms with Gasteiger partial charge in [-0.2, -0.15) is 0 Å². The quantitative estimate of drug-likeness (QED) is 0.902. The molecule has 3 rings (SSSR count). The first kappa shape index (κ1) is 13.7. The molecule has 0 spiro atoms. The van der Waals surface area contributed by atoms with Crippen LogP contribution in [0, 0.1) is 0 Å². The van der Waals surface area contributed by atoms with Gasteiger partial charge in [-0.05, 0) is 37.1 Å². The molecule has 3 nitrogen and oxygen atoms in total. The normalized spacial score (nSPS) is 20.3. The van der Waals surface area contributed by atoms with Gasteiger partial charge in [-0.15, -0.1) is 0 Å². The average molecular weight is 280 g/mol. The Morgan fingerprint density at radius 3 is 2.48 bits per heavy atom. The van der Waals surface area contributed by atoms with E-state index in [1.54, 1.807) is 6.92 Å². The molecule has 2 aromatic rings. The standard InChI is InChI=1S/C18H20N2O/c1-13-12-18(16-10-6-7-11-17(16)19-13)20(14(2)21)15-8-4-3-5-9-15/h3-11,13,18-19H,12H2,1-2H3/t13-,18-/m0/s1. The monoisotopic (exact) mass is 280 g/mol. The van der Waals surface area contributed by atoms with Crippen LogP contribution in [0.5, 0.6) is 0 Å². The van der Waals surface area contributed by atoms with Crippen LogP contribution in [0.1, 0.15) is 31.9 Å². The Kier molecular flexibility index (Phi) is 3.65. The van der Waals surface area contributed by atoms with Crippen molar-refractivity contribution in [2.45, 2.75) is 32.4 Å². The van der Waals surface area contributed by atoms with Gasteiger partial charge in [0, 0.05) is 24.3 Å². The Morgan fingerprint density at radius 1 is 1.10 bits per heavy atom. The summed E-state index contributed by atoms with van der Waals surface area (Å²) in [7, 11) is 0. The molecule has 0 saturated carbocycles. The number of hydrogen-bond donors (Lipinski definition) is 1. The van der Waals surface area contributed by atoms with Crippen LogP contribution < -0.4 is 10.2 Å². The lowest BCUT2D eigenvalue weighted by atomic mass is 9.92. The number of hydrogen-bond acceptors (Lipinski definition) is 2. The topological polar surface area (TPSA) is 32.3 Å². The third kappa shape index (κ3) is 2.64. The van der Waals surface area contributed by atoms with Crippen molar-refractivity contribution in [3.8, 4) is 0 Å². The minimum atomic E-state index is 0.0788. The van der Waals surface area contributed by atoms with Crippen molar-refractivity contribution >= 4 is 17.3 Å². The second kappa shape index (κ2) is 5.60. The van der Waals surface area contributed by atoms with E-state index in [4.69, 9.17) is 0 Å². The van der Waals surface area contributed by atoms with Gasteiger partial charge in [-0.1, -0.05) is 36.4 Å². The van der Waals surface area contributed by atoms with E-state index in [2.05, 4.69) is 24.4 Å². The van der Waals surface area contributed by atoms with Gasteiger partial charge >= 0.3 is 0 Å². The van der Waals surface area contributed by atoms with Gasteiger partial charge in [-0.3, -0.25) is 4.79 Å². The van der Waals surface area contributed by atoms with Crippen molar-refractivity contribution < 1.29 is 4.79 Å². The molecule has 21 heavy (non-hydrogen) atoms. The number of carbonyl (C=O) groups excluding carboxylic acids is 1. The van der Waals surface area contributed by atoms with Crippen LogP contribution >= 0.6 is 0 Å². The van der Waals surface area contributed by atoms with Crippen LogP contribution in [-0.4, -0.2) is 11.9 Å². The molecule has 0 radical (unpaired) electrons. The van der Waals surface area contributed by atoms with Crippen LogP contribution in [0.15, 0.2) is 54.6 Å². The molecule has 0 saturated heterocycles. The summed E-state index contributed by atoms with van der Waals surface area (Å²) in [5.74, 6) is 0.0788. The maximum atomic E-state index is 12.3. The Hall–Kier alpha value is -2.29. The first-order valence-corrected chi connectivity index (χ1v) is 7.37. The molecule has 0 fully saturated rings. The summed E-state index contributed by atoms with van der Waals surface area (Å²) in [4.78, 5) is 14.2. The van der Waals surface area contributed by atoms with Gasteiger partial charge in [-0.25, -0.2) is 0 Å². The number of benzene rings is 2. The minimum Gasteiger partial charge on any atom is -0.382 e. The van der Waals surface area contributed by atoms with E-state index in [1.165, 1.54) is 5.56 Å². The Bertz CT molecular complexity index is 639. The van der Waals surface area contributed by atoms with Crippen molar-refractivity contribution in [1.29, 1.82) is 0 Å². The number of carbonyl (C=O) groups is 1. The van der Waals surface area contributed by atoms with Crippen LogP contribution in [-0.2, 0) is 4.79 Å². The molecule has 108 valence electrons. The fraction of sp³-hybridized carbons (Fsp3) is 0.278. The second-order valence-electron chi connectivity index (χ2n) is 5.61. The van der Waals surface area contributed by atoms with Crippen molar-refractivity contribution in [2.75, 3.05) is 10.2 Å². The summed E-state index contributed by atoms with van der Waals surface area (Å²) >= 11 is 0. The number of rotatable bonds is 2. The Balaban J connectivity index is 2.06. The lowest BCUT2D eigenvalue weighted by Gasteiger charge is -2.38. The number of anilines is 2. The highest BCUT2D eigenvalue weighted by Crippen LogP contribution is 2.38. The predicted octanol–water partition coefficient (Wildman–Crippen LogP) is 3.98. The highest BCUT2D eigenvalue weighted by molar-refractivity contribution is 5.92. The SMILES string of the molecule is CC(=O)N(c1ccccc1)[C@H]1C[C@H](C)Nc2ccccc21. The zero-order valence-corrected chi connectivity index (χ0v) is 12.4. The molecule has 1 aliphatic heterocycles. The maximum Gasteiger partial charge on any atom is 0.224 e. The second-order valence-corrected chi connectivity index (χ2v) is 5.61. The molecule has 0 aliphatic carbocycles. The van der Waals surface area contributed by atoms with E-state index in [9.17, 15) is 4.79 Å². The van der Waals surface area contributed by atoms with Crippen molar-refractivity contribution in [3.05, 3.63) is 60.2 Å². The average Bonchev–Trinajstić information content (AvgIpc) is 2.48. The fourth-order valence-electron chi connectivity index (χ4n) is 3.12. The smallest absolute Gasteiger partial charge is 0.224 e. The number of para-hydroxylation sites is 2. The van der Waals surface area contributed by atoms with E-state index >= 15 is 0 Å². The summed E-state index contributed by atoms with van der Waals surface area (Å²) in [6.07, 6.45) is 0.908. The van der Waals surface area contributed by atoms with E-state index in [1.807, 2.05) is 47.4 Å². The summed E-state index contributed by atoms with van der Waals surface area (Å²) in [6.45, 7) is 3.80. The molecule has 1 amide bonds. The lowest BCUT2D eigenvalue weighted by molar-refractivity contribution is -0.117. The molecular weight excluding hydrogens is 260 g/mol. The predicted molar refractivity (Wildman–Crippen MR) is 86.5 cm³/mol. The fourth-order valence-corrected chi connectivity index (χ4v) is 3.12. The van der Waals surface area contributed by atoms with Crippen LogP contribution in [0.4, 0.5) is 11.4 Å². The lowest BCUT2D eigenvalue weighted by Crippen LogP contribution is -2.39. The molecule has 1 heterocycles. The molecule has 0 aromatic heterocycles. The van der Waals surface area contributed by atoms with Crippen LogP contribution in [0.2, 0.25) is 0 Å². The molecule has 0 unspecified atom stereocenters. The number of fused-ring (bicyclic) bond motifs is 1. The summed E-state index contributed by atoms with van der Waals surface area (Å²) in [5, 5.41) is 3.50. The highest BCUT2D eigenvalue weighted by Gasteiger charge is 2.31. The van der Waals surface area contributed by atoms with E-state index in [-0.39, 0.29) is 11.9 Å². The van der Waals surface area contributed by atoms with Gasteiger partial charge in [0.2, 0.25) is 5.91 Å². The van der Waals surface area contributed by atoms with Crippen molar-refractivity contribution in [1.82, 2.24) is 0 Å². The van der Waals surface area contributed by atoms with E-state index < -0.39 is 0 Å². The molecular formula is C18H20N2O. The largest absolute Gasteiger partial charge is 0.382 e. The first-order chi connectivity index (χ1) is 10.2. The van der Waals surface area contributed by atoms with Crippen LogP contribution in [0.3, 0.4) is 0 Å². The van der Waals surface area contributed by atoms with Gasteiger partial charge in [0.05, 0.1) is 6.04 Å². The van der Waals surface area contributed by atoms with Gasteiger partial charge in [0.1, 0.15) is 0 Å². The Morgan fingerprint density at radius 2 is 1.76 bits per heavy atom. The van der Waals surface area contributed by atoms with Gasteiger partial charge in [0.15, 0.2) is 0 Å². The number of amides is 1. The third-order valence-corrected chi connectivity index (χ3v) is 3.98. The summed E-state index contributed by atoms with van der Waals surface area (Å²) in [5.41, 5.74) is 3.27. The highest BCUT2D eigenvalue weighted by atomic mass is 16.2. The van der Waals surface area contributed by atoms with E-state index in [0.717, 1.165) is 17.8 Å². The Labute approximate surface area is 125 Å². The number of nitrogens with one attached hydrogen (secondary N) is 1. The summed E-state index contributed by atoms with van der Waals surface area (Å²) in [6, 6.07) is 18.6. The molecule has 1 aliphatic rings. The first-order valence-electron chi connectivity index (χ1n) is 7.37. The van der Waals surface area contributed by atoms with Crippen molar-refractivity contribution in [3.63, 3.8) is 0 Å². The summed E-state index contributed by atoms with van der Waals surface area (Å²) < 4.78 is 0. The third-order valence-electron chi connectivity index (χ3n) is 3.98. The van der Waals surface area contributed by atoms with Crippen molar-refractivity contribution in [2.24, 2.45) is 0 Å². The zero-order chi connectivity index (χ0) is 14.8. The van der Waals surface area contributed by atoms with Crippen LogP contribution in [0.25, 0.3) is 0 Å². The molecule has 3 heteroatoms. The minimum absolute atomic E-state index is 0.0788. The molecule has 2 atom stereocenters. The molecule has 1 N–H and O–H groups in total. The molecule has 2 aromatic carbocycles. The molecule has 0 bridgehead atoms. The zero-order valence-electron chi connectivity index (χ0n) is 12.4.